The molecule has 0 atom stereocenters. The first-order chi connectivity index (χ1) is 7.75. The zero-order chi connectivity index (χ0) is 11.4. The van der Waals surface area contributed by atoms with Gasteiger partial charge in [0.1, 0.15) is 5.82 Å². The highest BCUT2D eigenvalue weighted by molar-refractivity contribution is 7.80. The summed E-state index contributed by atoms with van der Waals surface area (Å²) in [5.74, 6) is -0.243. The van der Waals surface area contributed by atoms with E-state index in [-0.39, 0.29) is 5.82 Å². The van der Waals surface area contributed by atoms with Crippen LogP contribution in [0.5, 0.6) is 0 Å². The molecular formula is C11H14FN3S. The third kappa shape index (κ3) is 2.90. The highest BCUT2D eigenvalue weighted by atomic mass is 32.1. The number of anilines is 1. The Bertz CT molecular complexity index is 360. The number of hydrogen-bond donors (Lipinski definition) is 2. The molecule has 1 aromatic carbocycles. The molecule has 0 amide bonds. The van der Waals surface area contributed by atoms with Gasteiger partial charge in [-0.1, -0.05) is 0 Å². The summed E-state index contributed by atoms with van der Waals surface area (Å²) in [4.78, 5) is 0. The van der Waals surface area contributed by atoms with Crippen LogP contribution in [0.25, 0.3) is 0 Å². The molecule has 16 heavy (non-hydrogen) atoms. The van der Waals surface area contributed by atoms with Gasteiger partial charge in [0.15, 0.2) is 5.11 Å². The van der Waals surface area contributed by atoms with E-state index in [1.807, 2.05) is 5.01 Å². The molecule has 2 rings (SSSR count). The quantitative estimate of drug-likeness (QED) is 0.734. The molecule has 1 saturated heterocycles. The van der Waals surface area contributed by atoms with Gasteiger partial charge in [0, 0.05) is 18.8 Å². The Morgan fingerprint density at radius 1 is 1.31 bits per heavy atom. The number of thiocarbonyl (C=S) groups is 1. The summed E-state index contributed by atoms with van der Waals surface area (Å²) < 4.78 is 12.7. The molecular weight excluding hydrogens is 225 g/mol. The zero-order valence-corrected chi connectivity index (χ0v) is 9.69. The molecule has 0 spiro atoms. The maximum absolute atomic E-state index is 12.7. The molecule has 5 heteroatoms. The van der Waals surface area contributed by atoms with Crippen LogP contribution < -0.4 is 10.7 Å². The lowest BCUT2D eigenvalue weighted by atomic mass is 10.3. The standard InChI is InChI=1S/C11H14FN3S/c12-9-3-5-10(6-4-9)14-11(16)15-8-2-1-7-13-15/h3-6,13H,1-2,7-8H2,(H,14,16). The number of hydrazine groups is 1. The van der Waals surface area contributed by atoms with E-state index in [2.05, 4.69) is 10.7 Å². The summed E-state index contributed by atoms with van der Waals surface area (Å²) in [6, 6.07) is 6.17. The topological polar surface area (TPSA) is 27.3 Å². The van der Waals surface area contributed by atoms with Crippen LogP contribution in [0.15, 0.2) is 24.3 Å². The number of nitrogens with one attached hydrogen (secondary N) is 2. The largest absolute Gasteiger partial charge is 0.332 e. The van der Waals surface area contributed by atoms with Gasteiger partial charge in [0.25, 0.3) is 0 Å². The number of rotatable bonds is 1. The van der Waals surface area contributed by atoms with Crippen molar-refractivity contribution in [1.29, 1.82) is 0 Å². The summed E-state index contributed by atoms with van der Waals surface area (Å²) in [7, 11) is 0. The van der Waals surface area contributed by atoms with Gasteiger partial charge in [-0.2, -0.15) is 0 Å². The van der Waals surface area contributed by atoms with Crippen molar-refractivity contribution in [3.8, 4) is 0 Å². The van der Waals surface area contributed by atoms with Gasteiger partial charge in [-0.05, 0) is 49.3 Å². The molecule has 0 bridgehead atoms. The molecule has 0 aliphatic carbocycles. The van der Waals surface area contributed by atoms with E-state index < -0.39 is 0 Å². The van der Waals surface area contributed by atoms with Crippen molar-refractivity contribution in [2.24, 2.45) is 0 Å². The summed E-state index contributed by atoms with van der Waals surface area (Å²) in [5, 5.41) is 5.62. The lowest BCUT2D eigenvalue weighted by Gasteiger charge is -2.30. The minimum atomic E-state index is -0.243. The molecule has 86 valence electrons. The molecule has 3 nitrogen and oxygen atoms in total. The van der Waals surface area contributed by atoms with Crippen molar-refractivity contribution >= 4 is 23.0 Å². The number of hydrogen-bond acceptors (Lipinski definition) is 2. The van der Waals surface area contributed by atoms with Crippen LogP contribution in [-0.4, -0.2) is 23.2 Å². The highest BCUT2D eigenvalue weighted by Gasteiger charge is 2.12. The van der Waals surface area contributed by atoms with E-state index in [1.54, 1.807) is 12.1 Å². The summed E-state index contributed by atoms with van der Waals surface area (Å²) in [6.45, 7) is 1.86. The predicted molar refractivity (Wildman–Crippen MR) is 66.6 cm³/mol. The van der Waals surface area contributed by atoms with Gasteiger partial charge in [-0.25, -0.2) is 9.82 Å². The van der Waals surface area contributed by atoms with Crippen molar-refractivity contribution in [2.75, 3.05) is 18.4 Å². The summed E-state index contributed by atoms with van der Waals surface area (Å²) in [5.41, 5.74) is 4.01. The van der Waals surface area contributed by atoms with Crippen LogP contribution in [0.1, 0.15) is 12.8 Å². The first kappa shape index (κ1) is 11.3. The second kappa shape index (κ2) is 5.23. The van der Waals surface area contributed by atoms with Crippen molar-refractivity contribution in [3.05, 3.63) is 30.1 Å². The van der Waals surface area contributed by atoms with Crippen LogP contribution in [0, 0.1) is 5.82 Å². The minimum absolute atomic E-state index is 0.243. The fraction of sp³-hybridized carbons (Fsp3) is 0.364. The fourth-order valence-electron chi connectivity index (χ4n) is 1.59. The van der Waals surface area contributed by atoms with Crippen molar-refractivity contribution < 1.29 is 4.39 Å². The Labute approximate surface area is 99.6 Å². The molecule has 0 unspecified atom stereocenters. The molecule has 1 fully saturated rings. The zero-order valence-electron chi connectivity index (χ0n) is 8.87. The average Bonchev–Trinajstić information content (AvgIpc) is 2.33. The summed E-state index contributed by atoms with van der Waals surface area (Å²) >= 11 is 5.25. The van der Waals surface area contributed by atoms with Gasteiger partial charge in [0.05, 0.1) is 0 Å². The Morgan fingerprint density at radius 2 is 2.06 bits per heavy atom. The van der Waals surface area contributed by atoms with Crippen LogP contribution >= 0.6 is 12.2 Å². The van der Waals surface area contributed by atoms with E-state index in [0.717, 1.165) is 25.2 Å². The fourth-order valence-corrected chi connectivity index (χ4v) is 1.86. The second-order valence-electron chi connectivity index (χ2n) is 3.70. The lowest BCUT2D eigenvalue weighted by Crippen LogP contribution is -2.48. The van der Waals surface area contributed by atoms with E-state index in [0.29, 0.717) is 5.11 Å². The van der Waals surface area contributed by atoms with Crippen molar-refractivity contribution in [3.63, 3.8) is 0 Å². The first-order valence-electron chi connectivity index (χ1n) is 5.33. The van der Waals surface area contributed by atoms with E-state index in [9.17, 15) is 4.39 Å². The number of benzene rings is 1. The first-order valence-corrected chi connectivity index (χ1v) is 5.74. The smallest absolute Gasteiger partial charge is 0.187 e. The van der Waals surface area contributed by atoms with Crippen LogP contribution in [0.3, 0.4) is 0 Å². The lowest BCUT2D eigenvalue weighted by molar-refractivity contribution is 0.261. The maximum atomic E-state index is 12.7. The number of halogens is 1. The van der Waals surface area contributed by atoms with Gasteiger partial charge < -0.3 is 5.32 Å². The van der Waals surface area contributed by atoms with Crippen LogP contribution in [0.2, 0.25) is 0 Å². The third-order valence-electron chi connectivity index (χ3n) is 2.45. The predicted octanol–water partition coefficient (Wildman–Crippen LogP) is 2.12. The second-order valence-corrected chi connectivity index (χ2v) is 4.09. The average molecular weight is 239 g/mol. The molecule has 1 aromatic rings. The SMILES string of the molecule is Fc1ccc(NC(=S)N2CCCCN2)cc1. The Hall–Kier alpha value is -1.20. The molecule has 0 saturated carbocycles. The van der Waals surface area contributed by atoms with Gasteiger partial charge >= 0.3 is 0 Å². The van der Waals surface area contributed by atoms with E-state index in [4.69, 9.17) is 12.2 Å². The monoisotopic (exact) mass is 239 g/mol. The Morgan fingerprint density at radius 3 is 2.69 bits per heavy atom. The van der Waals surface area contributed by atoms with Gasteiger partial charge in [-0.3, -0.25) is 5.01 Å². The van der Waals surface area contributed by atoms with E-state index in [1.165, 1.54) is 18.6 Å². The molecule has 0 radical (unpaired) electrons. The minimum Gasteiger partial charge on any atom is -0.332 e. The third-order valence-corrected chi connectivity index (χ3v) is 2.77. The Balaban J connectivity index is 1.93. The molecule has 0 aromatic heterocycles. The highest BCUT2D eigenvalue weighted by Crippen LogP contribution is 2.10. The van der Waals surface area contributed by atoms with Gasteiger partial charge in [0.2, 0.25) is 0 Å². The molecule has 1 heterocycles. The molecule has 1 aliphatic rings. The van der Waals surface area contributed by atoms with Crippen LogP contribution in [-0.2, 0) is 0 Å². The molecule has 2 N–H and O–H groups in total. The maximum Gasteiger partial charge on any atom is 0.187 e. The van der Waals surface area contributed by atoms with Crippen LogP contribution in [0.4, 0.5) is 10.1 Å². The van der Waals surface area contributed by atoms with Crippen molar-refractivity contribution in [2.45, 2.75) is 12.8 Å². The number of nitrogens with zero attached hydrogens (tertiary/aromatic N) is 1. The van der Waals surface area contributed by atoms with Crippen molar-refractivity contribution in [1.82, 2.24) is 10.4 Å². The van der Waals surface area contributed by atoms with E-state index >= 15 is 0 Å². The normalized spacial score (nSPS) is 15.9. The Kier molecular flexibility index (Phi) is 3.69. The molecule has 1 aliphatic heterocycles. The summed E-state index contributed by atoms with van der Waals surface area (Å²) in [6.07, 6.45) is 2.31. The van der Waals surface area contributed by atoms with Gasteiger partial charge in [-0.15, -0.1) is 0 Å².